The molecule has 1 fully saturated rings. The molecular weight excluding hydrogens is 276 g/mol. The second-order valence-corrected chi connectivity index (χ2v) is 6.13. The lowest BCUT2D eigenvalue weighted by molar-refractivity contribution is -0.132. The van der Waals surface area contributed by atoms with Gasteiger partial charge in [-0.2, -0.15) is 0 Å². The average molecular weight is 300 g/mol. The van der Waals surface area contributed by atoms with Crippen LogP contribution in [0.5, 0.6) is 0 Å². The Kier molecular flexibility index (Phi) is 6.14. The standard InChI is InChI=1S/C14H24N2O5/c1-9(17)11-6-5-10(8-20-11)16-12(18)7-15-13(19)21-14(2,3)4/h10-11H,5-8H2,1-4H3,(H,15,19)(H,16,18)/t10-,11+/m1/s1. The van der Waals surface area contributed by atoms with Gasteiger partial charge in [0.05, 0.1) is 12.6 Å². The Morgan fingerprint density at radius 3 is 2.38 bits per heavy atom. The lowest BCUT2D eigenvalue weighted by Crippen LogP contribution is -2.47. The molecule has 0 bridgehead atoms. The fourth-order valence-electron chi connectivity index (χ4n) is 1.93. The molecule has 1 heterocycles. The molecule has 0 aromatic heterocycles. The first-order chi connectivity index (χ1) is 9.67. The molecule has 0 aromatic rings. The average Bonchev–Trinajstić information content (AvgIpc) is 2.35. The van der Waals surface area contributed by atoms with Crippen molar-refractivity contribution in [3.05, 3.63) is 0 Å². The Balaban J connectivity index is 2.23. The Bertz CT molecular complexity index is 395. The summed E-state index contributed by atoms with van der Waals surface area (Å²) in [6.07, 6.45) is 0.287. The highest BCUT2D eigenvalue weighted by molar-refractivity contribution is 5.82. The number of hydrogen-bond acceptors (Lipinski definition) is 5. The van der Waals surface area contributed by atoms with Crippen LogP contribution in [0.15, 0.2) is 0 Å². The summed E-state index contributed by atoms with van der Waals surface area (Å²) >= 11 is 0. The first kappa shape index (κ1) is 17.4. The van der Waals surface area contributed by atoms with E-state index in [2.05, 4.69) is 10.6 Å². The normalized spacial score (nSPS) is 22.3. The smallest absolute Gasteiger partial charge is 0.408 e. The summed E-state index contributed by atoms with van der Waals surface area (Å²) in [5, 5.41) is 5.14. The zero-order valence-electron chi connectivity index (χ0n) is 13.0. The summed E-state index contributed by atoms with van der Waals surface area (Å²) in [4.78, 5) is 34.2. The molecule has 1 aliphatic heterocycles. The van der Waals surface area contributed by atoms with Gasteiger partial charge in [0.25, 0.3) is 0 Å². The van der Waals surface area contributed by atoms with Crippen molar-refractivity contribution in [2.75, 3.05) is 13.2 Å². The van der Waals surface area contributed by atoms with E-state index in [1.54, 1.807) is 20.8 Å². The minimum Gasteiger partial charge on any atom is -0.444 e. The van der Waals surface area contributed by atoms with Crippen molar-refractivity contribution in [3.63, 3.8) is 0 Å². The number of Topliss-reactive ketones (excluding diaryl/α,β-unsaturated/α-hetero) is 1. The summed E-state index contributed by atoms with van der Waals surface area (Å²) in [7, 11) is 0. The van der Waals surface area contributed by atoms with Crippen LogP contribution < -0.4 is 10.6 Å². The summed E-state index contributed by atoms with van der Waals surface area (Å²) < 4.78 is 10.4. The van der Waals surface area contributed by atoms with E-state index in [0.29, 0.717) is 19.4 Å². The van der Waals surface area contributed by atoms with E-state index < -0.39 is 11.7 Å². The van der Waals surface area contributed by atoms with Crippen LogP contribution in [-0.2, 0) is 19.1 Å². The van der Waals surface area contributed by atoms with E-state index in [4.69, 9.17) is 9.47 Å². The fraction of sp³-hybridized carbons (Fsp3) is 0.786. The largest absolute Gasteiger partial charge is 0.444 e. The molecule has 0 unspecified atom stereocenters. The van der Waals surface area contributed by atoms with Crippen molar-refractivity contribution in [2.24, 2.45) is 0 Å². The van der Waals surface area contributed by atoms with Gasteiger partial charge in [-0.3, -0.25) is 9.59 Å². The summed E-state index contributed by atoms with van der Waals surface area (Å²) in [5.41, 5.74) is -0.598. The summed E-state index contributed by atoms with van der Waals surface area (Å²) in [6, 6.07) is -0.131. The molecule has 2 atom stereocenters. The van der Waals surface area contributed by atoms with Gasteiger partial charge in [0, 0.05) is 0 Å². The maximum atomic E-state index is 11.7. The highest BCUT2D eigenvalue weighted by Crippen LogP contribution is 2.14. The van der Waals surface area contributed by atoms with Gasteiger partial charge in [0.1, 0.15) is 18.2 Å². The number of rotatable bonds is 4. The molecule has 7 heteroatoms. The van der Waals surface area contributed by atoms with E-state index in [0.717, 1.165) is 0 Å². The number of amides is 2. The molecule has 1 rings (SSSR count). The second-order valence-electron chi connectivity index (χ2n) is 6.13. The molecule has 21 heavy (non-hydrogen) atoms. The van der Waals surface area contributed by atoms with E-state index >= 15 is 0 Å². The van der Waals surface area contributed by atoms with Crippen molar-refractivity contribution >= 4 is 17.8 Å². The van der Waals surface area contributed by atoms with Crippen LogP contribution >= 0.6 is 0 Å². The molecule has 2 N–H and O–H groups in total. The molecule has 7 nitrogen and oxygen atoms in total. The molecule has 0 aliphatic carbocycles. The molecule has 0 spiro atoms. The molecule has 1 aliphatic rings. The first-order valence-corrected chi connectivity index (χ1v) is 7.05. The monoisotopic (exact) mass is 300 g/mol. The van der Waals surface area contributed by atoms with Crippen LogP contribution in [0.4, 0.5) is 4.79 Å². The molecule has 2 amide bonds. The maximum absolute atomic E-state index is 11.7. The van der Waals surface area contributed by atoms with E-state index in [9.17, 15) is 14.4 Å². The third-order valence-corrected chi connectivity index (χ3v) is 2.89. The number of carbonyl (C=O) groups excluding carboxylic acids is 3. The van der Waals surface area contributed by atoms with Crippen molar-refractivity contribution < 1.29 is 23.9 Å². The summed E-state index contributed by atoms with van der Waals surface area (Å²) in [5.74, 6) is -0.304. The van der Waals surface area contributed by atoms with Gasteiger partial charge in [-0.15, -0.1) is 0 Å². The van der Waals surface area contributed by atoms with E-state index in [1.165, 1.54) is 6.92 Å². The minimum atomic E-state index is -0.630. The number of hydrogen-bond donors (Lipinski definition) is 2. The van der Waals surface area contributed by atoms with Gasteiger partial charge in [-0.25, -0.2) is 4.79 Å². The van der Waals surface area contributed by atoms with Crippen LogP contribution in [0.2, 0.25) is 0 Å². The maximum Gasteiger partial charge on any atom is 0.408 e. The second kappa shape index (κ2) is 7.40. The van der Waals surface area contributed by atoms with Crippen LogP contribution in [0.3, 0.4) is 0 Å². The zero-order chi connectivity index (χ0) is 16.0. The number of nitrogens with one attached hydrogen (secondary N) is 2. The highest BCUT2D eigenvalue weighted by atomic mass is 16.6. The van der Waals surface area contributed by atoms with Gasteiger partial charge in [0.15, 0.2) is 5.78 Å². The lowest BCUT2D eigenvalue weighted by atomic mass is 10.0. The first-order valence-electron chi connectivity index (χ1n) is 7.05. The van der Waals surface area contributed by atoms with Crippen molar-refractivity contribution in [1.82, 2.24) is 10.6 Å². The summed E-state index contributed by atoms with van der Waals surface area (Å²) in [6.45, 7) is 6.89. The van der Waals surface area contributed by atoms with Crippen LogP contribution in [0.1, 0.15) is 40.5 Å². The van der Waals surface area contributed by atoms with Crippen molar-refractivity contribution in [1.29, 1.82) is 0 Å². The van der Waals surface area contributed by atoms with Crippen LogP contribution in [0.25, 0.3) is 0 Å². The number of ether oxygens (including phenoxy) is 2. The third-order valence-electron chi connectivity index (χ3n) is 2.89. The van der Waals surface area contributed by atoms with Gasteiger partial charge >= 0.3 is 6.09 Å². The minimum absolute atomic E-state index is 0.00590. The van der Waals surface area contributed by atoms with Crippen molar-refractivity contribution in [2.45, 2.75) is 58.3 Å². The van der Waals surface area contributed by atoms with E-state index in [1.807, 2.05) is 0 Å². The van der Waals surface area contributed by atoms with Crippen LogP contribution in [0, 0.1) is 0 Å². The van der Waals surface area contributed by atoms with Gasteiger partial charge in [-0.05, 0) is 40.5 Å². The van der Waals surface area contributed by atoms with Crippen LogP contribution in [-0.4, -0.2) is 48.7 Å². The molecule has 0 radical (unpaired) electrons. The van der Waals surface area contributed by atoms with Gasteiger partial charge in [-0.1, -0.05) is 0 Å². The highest BCUT2D eigenvalue weighted by Gasteiger charge is 2.25. The third kappa shape index (κ3) is 7.08. The fourth-order valence-corrected chi connectivity index (χ4v) is 1.93. The Morgan fingerprint density at radius 1 is 1.24 bits per heavy atom. The predicted octanol–water partition coefficient (Wildman–Crippen LogP) is 0.764. The van der Waals surface area contributed by atoms with Crippen molar-refractivity contribution in [3.8, 4) is 0 Å². The SMILES string of the molecule is CC(=O)[C@@H]1CC[C@@H](NC(=O)CNC(=O)OC(C)(C)C)CO1. The topological polar surface area (TPSA) is 93.7 Å². The molecule has 120 valence electrons. The Morgan fingerprint density at radius 2 is 1.90 bits per heavy atom. The molecule has 0 aromatic carbocycles. The Labute approximate surface area is 124 Å². The van der Waals surface area contributed by atoms with Gasteiger partial charge < -0.3 is 20.1 Å². The number of carbonyl (C=O) groups is 3. The predicted molar refractivity (Wildman–Crippen MR) is 75.8 cm³/mol. The lowest BCUT2D eigenvalue weighted by Gasteiger charge is -2.28. The Hall–Kier alpha value is -1.63. The molecule has 0 saturated carbocycles. The number of ketones is 1. The zero-order valence-corrected chi connectivity index (χ0v) is 13.0. The van der Waals surface area contributed by atoms with Gasteiger partial charge in [0.2, 0.25) is 5.91 Å². The number of alkyl carbamates (subject to hydrolysis) is 1. The van der Waals surface area contributed by atoms with E-state index in [-0.39, 0.29) is 30.4 Å². The molecular formula is C14H24N2O5. The quantitative estimate of drug-likeness (QED) is 0.799. The molecule has 1 saturated heterocycles.